The smallest absolute Gasteiger partial charge is 0.243 e. The van der Waals surface area contributed by atoms with Gasteiger partial charge in [0.15, 0.2) is 11.5 Å². The Morgan fingerprint density at radius 2 is 1.73 bits per heavy atom. The van der Waals surface area contributed by atoms with E-state index in [9.17, 15) is 14.0 Å². The van der Waals surface area contributed by atoms with Crippen molar-refractivity contribution in [3.63, 3.8) is 0 Å². The van der Waals surface area contributed by atoms with Gasteiger partial charge in [0.05, 0.1) is 26.5 Å². The zero-order valence-corrected chi connectivity index (χ0v) is 14.7. The molecule has 138 valence electrons. The Kier molecular flexibility index (Phi) is 6.96. The number of para-hydroxylation sites is 1. The molecular formula is C19H21FN2O4. The number of anilines is 1. The molecule has 0 bridgehead atoms. The van der Waals surface area contributed by atoms with E-state index in [0.29, 0.717) is 17.9 Å². The lowest BCUT2D eigenvalue weighted by atomic mass is 10.1. The van der Waals surface area contributed by atoms with Crippen LogP contribution in [0, 0.1) is 5.82 Å². The van der Waals surface area contributed by atoms with Gasteiger partial charge in [-0.05, 0) is 36.2 Å². The van der Waals surface area contributed by atoms with E-state index in [1.165, 1.54) is 18.2 Å². The molecule has 0 aliphatic heterocycles. The van der Waals surface area contributed by atoms with E-state index in [1.54, 1.807) is 32.4 Å². The average molecular weight is 360 g/mol. The summed E-state index contributed by atoms with van der Waals surface area (Å²) in [5, 5.41) is 4.92. The lowest BCUT2D eigenvalue weighted by Crippen LogP contribution is -2.33. The first-order valence-electron chi connectivity index (χ1n) is 8.05. The number of ether oxygens (including phenoxy) is 2. The number of nitrogens with one attached hydrogen (secondary N) is 2. The maximum atomic E-state index is 13.5. The summed E-state index contributed by atoms with van der Waals surface area (Å²) in [5.41, 5.74) is 0.991. The van der Waals surface area contributed by atoms with Crippen LogP contribution in [0.4, 0.5) is 10.1 Å². The van der Waals surface area contributed by atoms with Gasteiger partial charge in [0.25, 0.3) is 0 Å². The molecule has 0 saturated carbocycles. The molecule has 0 aromatic heterocycles. The molecule has 26 heavy (non-hydrogen) atoms. The molecule has 0 atom stereocenters. The molecule has 2 aromatic rings. The van der Waals surface area contributed by atoms with Crippen LogP contribution in [0.2, 0.25) is 0 Å². The predicted molar refractivity (Wildman–Crippen MR) is 95.9 cm³/mol. The Morgan fingerprint density at radius 3 is 2.42 bits per heavy atom. The second-order valence-corrected chi connectivity index (χ2v) is 5.49. The Labute approximate surface area is 151 Å². The molecule has 7 heteroatoms. The first-order valence-corrected chi connectivity index (χ1v) is 8.05. The molecular weight excluding hydrogens is 339 g/mol. The summed E-state index contributed by atoms with van der Waals surface area (Å²) in [6.45, 7) is -0.223. The molecule has 0 fully saturated rings. The van der Waals surface area contributed by atoms with Gasteiger partial charge in [-0.3, -0.25) is 9.59 Å². The molecule has 2 aromatic carbocycles. The van der Waals surface area contributed by atoms with Gasteiger partial charge >= 0.3 is 0 Å². The SMILES string of the molecule is COc1ccc(CCC(=O)NCC(=O)Nc2ccccc2F)cc1OC. The lowest BCUT2D eigenvalue weighted by Gasteiger charge is -2.10. The van der Waals surface area contributed by atoms with Gasteiger partial charge in [0, 0.05) is 6.42 Å². The molecule has 2 N–H and O–H groups in total. The fraction of sp³-hybridized carbons (Fsp3) is 0.263. The second-order valence-electron chi connectivity index (χ2n) is 5.49. The number of rotatable bonds is 8. The van der Waals surface area contributed by atoms with E-state index in [0.717, 1.165) is 5.56 Å². The van der Waals surface area contributed by atoms with Gasteiger partial charge in [0.2, 0.25) is 11.8 Å². The average Bonchev–Trinajstić information content (AvgIpc) is 2.66. The van der Waals surface area contributed by atoms with Gasteiger partial charge < -0.3 is 20.1 Å². The number of carbonyl (C=O) groups is 2. The maximum Gasteiger partial charge on any atom is 0.243 e. The predicted octanol–water partition coefficient (Wildman–Crippen LogP) is 2.53. The number of aryl methyl sites for hydroxylation is 1. The second kappa shape index (κ2) is 9.41. The minimum absolute atomic E-state index is 0.0806. The molecule has 0 unspecified atom stereocenters. The quantitative estimate of drug-likeness (QED) is 0.758. The number of amides is 2. The summed E-state index contributed by atoms with van der Waals surface area (Å²) in [6, 6.07) is 11.3. The highest BCUT2D eigenvalue weighted by Crippen LogP contribution is 2.27. The van der Waals surface area contributed by atoms with E-state index in [2.05, 4.69) is 10.6 Å². The monoisotopic (exact) mass is 360 g/mol. The van der Waals surface area contributed by atoms with Crippen molar-refractivity contribution in [2.45, 2.75) is 12.8 Å². The van der Waals surface area contributed by atoms with Crippen molar-refractivity contribution in [2.24, 2.45) is 0 Å². The zero-order valence-electron chi connectivity index (χ0n) is 14.7. The van der Waals surface area contributed by atoms with Gasteiger partial charge in [-0.25, -0.2) is 4.39 Å². The number of methoxy groups -OCH3 is 2. The largest absolute Gasteiger partial charge is 0.493 e. The van der Waals surface area contributed by atoms with Gasteiger partial charge in [0.1, 0.15) is 5.82 Å². The Balaban J connectivity index is 1.78. The first kappa shape index (κ1) is 19.2. The molecule has 0 aliphatic rings. The summed E-state index contributed by atoms with van der Waals surface area (Å²) in [4.78, 5) is 23.7. The van der Waals surface area contributed by atoms with Crippen molar-refractivity contribution in [3.05, 3.63) is 53.8 Å². The molecule has 6 nitrogen and oxygen atoms in total. The maximum absolute atomic E-state index is 13.5. The molecule has 0 spiro atoms. The van der Waals surface area contributed by atoms with Gasteiger partial charge in [-0.2, -0.15) is 0 Å². The van der Waals surface area contributed by atoms with E-state index in [-0.39, 0.29) is 24.6 Å². The van der Waals surface area contributed by atoms with Crippen LogP contribution in [-0.2, 0) is 16.0 Å². The molecule has 0 heterocycles. The number of halogens is 1. The third-order valence-corrected chi connectivity index (χ3v) is 3.68. The van der Waals surface area contributed by atoms with Crippen LogP contribution in [0.15, 0.2) is 42.5 Å². The number of hydrogen-bond donors (Lipinski definition) is 2. The first-order chi connectivity index (χ1) is 12.5. The van der Waals surface area contributed by atoms with Crippen molar-refractivity contribution in [2.75, 3.05) is 26.1 Å². The molecule has 0 radical (unpaired) electrons. The standard InChI is InChI=1S/C19H21FN2O4/c1-25-16-9-7-13(11-17(16)26-2)8-10-18(23)21-12-19(24)22-15-6-4-3-5-14(15)20/h3-7,9,11H,8,10,12H2,1-2H3,(H,21,23)(H,22,24). The van der Waals surface area contributed by atoms with Gasteiger partial charge in [-0.15, -0.1) is 0 Å². The van der Waals surface area contributed by atoms with E-state index >= 15 is 0 Å². The van der Waals surface area contributed by atoms with Crippen LogP contribution in [0.25, 0.3) is 0 Å². The summed E-state index contributed by atoms with van der Waals surface area (Å²) < 4.78 is 23.8. The number of carbonyl (C=O) groups excluding carboxylic acids is 2. The molecule has 0 saturated heterocycles. The van der Waals surface area contributed by atoms with Crippen LogP contribution in [0.3, 0.4) is 0 Å². The Hall–Kier alpha value is -3.09. The minimum Gasteiger partial charge on any atom is -0.493 e. The minimum atomic E-state index is -0.527. The molecule has 0 aliphatic carbocycles. The number of hydrogen-bond acceptors (Lipinski definition) is 4. The third-order valence-electron chi connectivity index (χ3n) is 3.68. The van der Waals surface area contributed by atoms with Crippen LogP contribution in [0.5, 0.6) is 11.5 Å². The van der Waals surface area contributed by atoms with Crippen LogP contribution >= 0.6 is 0 Å². The van der Waals surface area contributed by atoms with E-state index < -0.39 is 11.7 Å². The third kappa shape index (κ3) is 5.47. The van der Waals surface area contributed by atoms with Crippen molar-refractivity contribution in [3.8, 4) is 11.5 Å². The van der Waals surface area contributed by atoms with Crippen molar-refractivity contribution >= 4 is 17.5 Å². The summed E-state index contributed by atoms with van der Waals surface area (Å²) in [6.07, 6.45) is 0.698. The Bertz CT molecular complexity index is 780. The molecule has 2 amide bonds. The van der Waals surface area contributed by atoms with E-state index in [1.807, 2.05) is 6.07 Å². The van der Waals surface area contributed by atoms with Crippen molar-refractivity contribution in [1.82, 2.24) is 5.32 Å². The fourth-order valence-electron chi connectivity index (χ4n) is 2.32. The van der Waals surface area contributed by atoms with Gasteiger partial charge in [-0.1, -0.05) is 18.2 Å². The summed E-state index contributed by atoms with van der Waals surface area (Å²) in [7, 11) is 3.10. The van der Waals surface area contributed by atoms with E-state index in [4.69, 9.17) is 9.47 Å². The molecule has 2 rings (SSSR count). The topological polar surface area (TPSA) is 76.7 Å². The van der Waals surface area contributed by atoms with Crippen LogP contribution in [0.1, 0.15) is 12.0 Å². The van der Waals surface area contributed by atoms with Crippen LogP contribution < -0.4 is 20.1 Å². The highest BCUT2D eigenvalue weighted by Gasteiger charge is 2.10. The Morgan fingerprint density at radius 1 is 1.00 bits per heavy atom. The zero-order chi connectivity index (χ0) is 18.9. The fourth-order valence-corrected chi connectivity index (χ4v) is 2.32. The highest BCUT2D eigenvalue weighted by atomic mass is 19.1. The normalized spacial score (nSPS) is 10.1. The number of benzene rings is 2. The van der Waals surface area contributed by atoms with Crippen molar-refractivity contribution < 1.29 is 23.5 Å². The summed E-state index contributed by atoms with van der Waals surface area (Å²) in [5.74, 6) is -0.0844. The van der Waals surface area contributed by atoms with Crippen LogP contribution in [-0.4, -0.2) is 32.6 Å². The van der Waals surface area contributed by atoms with Crippen molar-refractivity contribution in [1.29, 1.82) is 0 Å². The summed E-state index contributed by atoms with van der Waals surface area (Å²) >= 11 is 0. The lowest BCUT2D eigenvalue weighted by molar-refractivity contribution is -0.124. The highest BCUT2D eigenvalue weighted by molar-refractivity contribution is 5.94.